The Morgan fingerprint density at radius 1 is 1.71 bits per heavy atom. The second-order valence-electron chi connectivity index (χ2n) is 3.22. The Balaban J connectivity index is 3.37. The van der Waals surface area contributed by atoms with Gasteiger partial charge in [0.15, 0.2) is 6.61 Å². The van der Waals surface area contributed by atoms with Crippen molar-refractivity contribution < 1.29 is 14.8 Å². The number of benzene rings is 1. The van der Waals surface area contributed by atoms with Gasteiger partial charge in [0.25, 0.3) is 0 Å². The summed E-state index contributed by atoms with van der Waals surface area (Å²) < 4.78 is 5.47. The first-order chi connectivity index (χ1) is 7.97. The number of nitriles is 1. The van der Waals surface area contributed by atoms with Crippen LogP contribution in [0.3, 0.4) is 0 Å². The van der Waals surface area contributed by atoms with E-state index in [0.29, 0.717) is 4.47 Å². The summed E-state index contributed by atoms with van der Waals surface area (Å²) in [6.07, 6.45) is -0.931. The SMILES string of the molecule is C[C@@H](O)c1cc(Br)cc([N+](=O)[O-])c1OCC#N. The van der Waals surface area contributed by atoms with Crippen LogP contribution in [0.15, 0.2) is 16.6 Å². The minimum Gasteiger partial charge on any atom is -0.471 e. The molecule has 0 bridgehead atoms. The normalized spacial score (nSPS) is 11.6. The highest BCUT2D eigenvalue weighted by Gasteiger charge is 2.23. The molecule has 1 aromatic rings. The highest BCUT2D eigenvalue weighted by molar-refractivity contribution is 9.10. The molecule has 0 fully saturated rings. The summed E-state index contributed by atoms with van der Waals surface area (Å²) in [6.45, 7) is 1.15. The number of aliphatic hydroxyl groups excluding tert-OH is 1. The molecule has 0 amide bonds. The van der Waals surface area contributed by atoms with Gasteiger partial charge in [-0.1, -0.05) is 15.9 Å². The third-order valence-corrected chi connectivity index (χ3v) is 2.45. The van der Waals surface area contributed by atoms with Crippen molar-refractivity contribution in [3.05, 3.63) is 32.3 Å². The topological polar surface area (TPSA) is 96.4 Å². The lowest BCUT2D eigenvalue weighted by atomic mass is 10.1. The molecule has 0 saturated heterocycles. The van der Waals surface area contributed by atoms with Gasteiger partial charge in [0.1, 0.15) is 6.07 Å². The Labute approximate surface area is 106 Å². The molecular formula is C10H9BrN2O4. The molecule has 0 spiro atoms. The first kappa shape index (κ1) is 13.4. The summed E-state index contributed by atoms with van der Waals surface area (Å²) in [7, 11) is 0. The Kier molecular flexibility index (Phi) is 4.43. The zero-order valence-corrected chi connectivity index (χ0v) is 10.5. The van der Waals surface area contributed by atoms with Crippen molar-refractivity contribution in [3.8, 4) is 11.8 Å². The fourth-order valence-corrected chi connectivity index (χ4v) is 1.77. The summed E-state index contributed by atoms with van der Waals surface area (Å²) in [6, 6.07) is 4.51. The van der Waals surface area contributed by atoms with Crippen molar-refractivity contribution in [1.29, 1.82) is 5.26 Å². The molecule has 1 aromatic carbocycles. The van der Waals surface area contributed by atoms with Crippen molar-refractivity contribution >= 4 is 21.6 Å². The van der Waals surface area contributed by atoms with E-state index >= 15 is 0 Å². The molecule has 0 unspecified atom stereocenters. The molecule has 0 aliphatic rings. The number of hydrogen-bond donors (Lipinski definition) is 1. The fourth-order valence-electron chi connectivity index (χ4n) is 1.31. The van der Waals surface area contributed by atoms with E-state index < -0.39 is 11.0 Å². The second-order valence-corrected chi connectivity index (χ2v) is 4.14. The molecule has 0 saturated carbocycles. The smallest absolute Gasteiger partial charge is 0.312 e. The molecule has 7 heteroatoms. The summed E-state index contributed by atoms with van der Waals surface area (Å²) in [5.41, 5.74) is -0.0214. The van der Waals surface area contributed by atoms with Crippen LogP contribution in [-0.4, -0.2) is 16.6 Å². The summed E-state index contributed by atoms with van der Waals surface area (Å²) in [5.74, 6) is -0.0743. The number of nitro benzene ring substituents is 1. The number of rotatable bonds is 4. The molecule has 1 N–H and O–H groups in total. The molecule has 0 aliphatic heterocycles. The minimum absolute atomic E-state index is 0.0743. The molecule has 1 rings (SSSR count). The predicted octanol–water partition coefficient (Wildman–Crippen LogP) is 2.31. The van der Waals surface area contributed by atoms with Crippen LogP contribution in [0.2, 0.25) is 0 Å². The Bertz CT molecular complexity index is 482. The zero-order valence-electron chi connectivity index (χ0n) is 8.88. The van der Waals surface area contributed by atoms with E-state index in [1.165, 1.54) is 19.1 Å². The molecule has 0 aromatic heterocycles. The number of nitrogens with zero attached hydrogens (tertiary/aromatic N) is 2. The lowest BCUT2D eigenvalue weighted by molar-refractivity contribution is -0.386. The van der Waals surface area contributed by atoms with Gasteiger partial charge < -0.3 is 9.84 Å². The molecule has 90 valence electrons. The van der Waals surface area contributed by atoms with Gasteiger partial charge in [-0.25, -0.2) is 0 Å². The molecule has 0 aliphatic carbocycles. The number of halogens is 1. The van der Waals surface area contributed by atoms with Crippen LogP contribution in [0.5, 0.6) is 5.75 Å². The van der Waals surface area contributed by atoms with Crippen molar-refractivity contribution in [1.82, 2.24) is 0 Å². The van der Waals surface area contributed by atoms with Gasteiger partial charge in [-0.05, 0) is 13.0 Å². The Morgan fingerprint density at radius 3 is 2.82 bits per heavy atom. The first-order valence-electron chi connectivity index (χ1n) is 4.63. The average molecular weight is 301 g/mol. The van der Waals surface area contributed by atoms with E-state index in [4.69, 9.17) is 10.00 Å². The monoisotopic (exact) mass is 300 g/mol. The van der Waals surface area contributed by atoms with Crippen molar-refractivity contribution in [2.45, 2.75) is 13.0 Å². The standard InChI is InChI=1S/C10H9BrN2O4/c1-6(14)8-4-7(11)5-9(13(15)16)10(8)17-3-2-12/h4-6,14H,3H2,1H3/t6-/m1/s1. The first-order valence-corrected chi connectivity index (χ1v) is 5.42. The van der Waals surface area contributed by atoms with Crippen molar-refractivity contribution in [2.24, 2.45) is 0 Å². The largest absolute Gasteiger partial charge is 0.471 e. The minimum atomic E-state index is -0.931. The number of nitro groups is 1. The quantitative estimate of drug-likeness (QED) is 0.680. The van der Waals surface area contributed by atoms with Gasteiger partial charge in [0.05, 0.1) is 11.0 Å². The third kappa shape index (κ3) is 3.15. The summed E-state index contributed by atoms with van der Waals surface area (Å²) >= 11 is 3.12. The predicted molar refractivity (Wildman–Crippen MR) is 62.5 cm³/mol. The van der Waals surface area contributed by atoms with Crippen LogP contribution in [0, 0.1) is 21.4 Å². The summed E-state index contributed by atoms with van der Waals surface area (Å²) in [5, 5.41) is 28.8. The van der Waals surface area contributed by atoms with E-state index in [1.807, 2.05) is 0 Å². The molecule has 0 heterocycles. The van der Waals surface area contributed by atoms with Crippen LogP contribution in [0.1, 0.15) is 18.6 Å². The Hall–Kier alpha value is -1.65. The van der Waals surface area contributed by atoms with Crippen molar-refractivity contribution in [3.63, 3.8) is 0 Å². The van der Waals surface area contributed by atoms with E-state index in [0.717, 1.165) is 0 Å². The highest BCUT2D eigenvalue weighted by Crippen LogP contribution is 2.37. The Morgan fingerprint density at radius 2 is 2.35 bits per heavy atom. The second kappa shape index (κ2) is 5.61. The maximum absolute atomic E-state index is 10.9. The van der Waals surface area contributed by atoms with Gasteiger partial charge in [0.2, 0.25) is 5.75 Å². The molecule has 17 heavy (non-hydrogen) atoms. The average Bonchev–Trinajstić information content (AvgIpc) is 2.26. The molecule has 0 radical (unpaired) electrons. The van der Waals surface area contributed by atoms with Crippen LogP contribution < -0.4 is 4.74 Å². The van der Waals surface area contributed by atoms with Crippen molar-refractivity contribution in [2.75, 3.05) is 6.61 Å². The van der Waals surface area contributed by atoms with E-state index in [-0.39, 0.29) is 23.6 Å². The van der Waals surface area contributed by atoms with Gasteiger partial charge in [-0.2, -0.15) is 5.26 Å². The van der Waals surface area contributed by atoms with Crippen LogP contribution >= 0.6 is 15.9 Å². The zero-order chi connectivity index (χ0) is 13.0. The van der Waals surface area contributed by atoms with E-state index in [9.17, 15) is 15.2 Å². The van der Waals surface area contributed by atoms with Gasteiger partial charge in [-0.3, -0.25) is 10.1 Å². The number of ether oxygens (including phenoxy) is 1. The van der Waals surface area contributed by atoms with Crippen LogP contribution in [0.25, 0.3) is 0 Å². The van der Waals surface area contributed by atoms with Crippen LogP contribution in [0.4, 0.5) is 5.69 Å². The number of aliphatic hydroxyl groups is 1. The maximum atomic E-state index is 10.9. The lowest BCUT2D eigenvalue weighted by Crippen LogP contribution is -2.04. The van der Waals surface area contributed by atoms with E-state index in [1.54, 1.807) is 6.07 Å². The third-order valence-electron chi connectivity index (χ3n) is 1.99. The summed E-state index contributed by atoms with van der Waals surface area (Å²) in [4.78, 5) is 10.2. The fraction of sp³-hybridized carbons (Fsp3) is 0.300. The molecule has 1 atom stereocenters. The number of hydrogen-bond acceptors (Lipinski definition) is 5. The lowest BCUT2D eigenvalue weighted by Gasteiger charge is -2.12. The van der Waals surface area contributed by atoms with Gasteiger partial charge >= 0.3 is 5.69 Å². The van der Waals surface area contributed by atoms with Gasteiger partial charge in [-0.15, -0.1) is 0 Å². The molecular weight excluding hydrogens is 292 g/mol. The van der Waals surface area contributed by atoms with E-state index in [2.05, 4.69) is 15.9 Å². The highest BCUT2D eigenvalue weighted by atomic mass is 79.9. The maximum Gasteiger partial charge on any atom is 0.312 e. The van der Waals surface area contributed by atoms with Gasteiger partial charge in [0, 0.05) is 16.1 Å². The molecule has 6 nitrogen and oxygen atoms in total. The van der Waals surface area contributed by atoms with Crippen LogP contribution in [-0.2, 0) is 0 Å².